The highest BCUT2D eigenvalue weighted by Crippen LogP contribution is 2.28. The van der Waals surface area contributed by atoms with Crippen molar-refractivity contribution in [1.82, 2.24) is 10.2 Å². The molecule has 1 atom stereocenters. The average molecular weight is 612 g/mol. The van der Waals surface area contributed by atoms with Gasteiger partial charge in [-0.25, -0.2) is 17.2 Å². The van der Waals surface area contributed by atoms with Crippen molar-refractivity contribution < 1.29 is 26.8 Å². The third-order valence-electron chi connectivity index (χ3n) is 6.62. The van der Waals surface area contributed by atoms with E-state index in [9.17, 15) is 26.8 Å². The number of sulfonamides is 1. The molecule has 0 radical (unpaired) electrons. The number of likely N-dealkylation sites (N-methyl/N-ethyl adjacent to an activating group) is 1. The third kappa shape index (κ3) is 7.13. The van der Waals surface area contributed by atoms with Gasteiger partial charge in [-0.05, 0) is 42.0 Å². The molecule has 4 aromatic rings. The van der Waals surface area contributed by atoms with Crippen molar-refractivity contribution in [3.8, 4) is 0 Å². The maximum atomic E-state index is 14.8. The Hall–Kier alpha value is -4.28. The van der Waals surface area contributed by atoms with Crippen LogP contribution < -0.4 is 9.62 Å². The number of nitrogens with one attached hydrogen (secondary N) is 1. The molecule has 11 heteroatoms. The number of hydrogen-bond donors (Lipinski definition) is 1. The van der Waals surface area contributed by atoms with Crippen LogP contribution in [-0.4, -0.2) is 44.8 Å². The van der Waals surface area contributed by atoms with Gasteiger partial charge < -0.3 is 10.2 Å². The zero-order valence-corrected chi connectivity index (χ0v) is 24.2. The summed E-state index contributed by atoms with van der Waals surface area (Å²) in [7, 11) is -2.96. The Labute approximate surface area is 248 Å². The lowest BCUT2D eigenvalue weighted by Gasteiger charge is -2.33. The minimum Gasteiger partial charge on any atom is -0.357 e. The second kappa shape index (κ2) is 13.6. The Morgan fingerprint density at radius 1 is 0.857 bits per heavy atom. The predicted molar refractivity (Wildman–Crippen MR) is 157 cm³/mol. The molecule has 0 aromatic heterocycles. The number of hydrogen-bond acceptors (Lipinski definition) is 4. The number of amides is 2. The third-order valence-corrected chi connectivity index (χ3v) is 8.69. The minimum atomic E-state index is -4.37. The molecule has 218 valence electrons. The highest BCUT2D eigenvalue weighted by atomic mass is 35.5. The van der Waals surface area contributed by atoms with Gasteiger partial charge in [0.2, 0.25) is 11.8 Å². The Bertz CT molecular complexity index is 1660. The SMILES string of the molecule is CNC(=O)[C@@H](Cc1ccccc1)N(Cc1ccccc1F)C(=O)CN(c1ccc(F)c(Cl)c1)S(=O)(=O)c1ccccc1. The summed E-state index contributed by atoms with van der Waals surface area (Å²) in [6.45, 7) is -1.10. The van der Waals surface area contributed by atoms with E-state index in [0.29, 0.717) is 0 Å². The first-order valence-electron chi connectivity index (χ1n) is 12.9. The quantitative estimate of drug-likeness (QED) is 0.253. The molecule has 4 aromatic carbocycles. The fourth-order valence-corrected chi connectivity index (χ4v) is 6.02. The molecule has 2 amide bonds. The molecule has 0 saturated heterocycles. The van der Waals surface area contributed by atoms with E-state index in [4.69, 9.17) is 11.6 Å². The van der Waals surface area contributed by atoms with Crippen molar-refractivity contribution in [2.45, 2.75) is 23.9 Å². The van der Waals surface area contributed by atoms with Gasteiger partial charge >= 0.3 is 0 Å². The van der Waals surface area contributed by atoms with Crippen LogP contribution in [0.2, 0.25) is 5.02 Å². The van der Waals surface area contributed by atoms with Crippen molar-refractivity contribution in [3.05, 3.63) is 131 Å². The lowest BCUT2D eigenvalue weighted by Crippen LogP contribution is -2.53. The largest absolute Gasteiger partial charge is 0.357 e. The van der Waals surface area contributed by atoms with Crippen molar-refractivity contribution in [1.29, 1.82) is 0 Å². The molecular formula is C31H28ClF2N3O4S. The minimum absolute atomic E-state index is 0.0657. The van der Waals surface area contributed by atoms with Gasteiger partial charge in [0.05, 0.1) is 15.6 Å². The van der Waals surface area contributed by atoms with E-state index in [1.54, 1.807) is 42.5 Å². The second-order valence-corrected chi connectivity index (χ2v) is 11.6. The van der Waals surface area contributed by atoms with E-state index in [-0.39, 0.29) is 34.1 Å². The second-order valence-electron chi connectivity index (χ2n) is 9.36. The van der Waals surface area contributed by atoms with Crippen LogP contribution in [0, 0.1) is 11.6 Å². The van der Waals surface area contributed by atoms with E-state index in [1.165, 1.54) is 55.6 Å². The van der Waals surface area contributed by atoms with Crippen molar-refractivity contribution in [2.24, 2.45) is 0 Å². The predicted octanol–water partition coefficient (Wildman–Crippen LogP) is 5.20. The van der Waals surface area contributed by atoms with E-state index >= 15 is 0 Å². The molecule has 0 bridgehead atoms. The first kappa shape index (κ1) is 30.7. The molecule has 0 saturated carbocycles. The fraction of sp³-hybridized carbons (Fsp3) is 0.161. The Kier molecular flexibility index (Phi) is 9.92. The molecule has 42 heavy (non-hydrogen) atoms. The summed E-state index contributed by atoms with van der Waals surface area (Å²) in [6.07, 6.45) is 0.0779. The average Bonchev–Trinajstić information content (AvgIpc) is 3.00. The molecule has 0 aliphatic rings. The number of nitrogens with zero attached hydrogens (tertiary/aromatic N) is 2. The summed E-state index contributed by atoms with van der Waals surface area (Å²) in [5.41, 5.74) is 0.801. The van der Waals surface area contributed by atoms with Crippen molar-refractivity contribution in [3.63, 3.8) is 0 Å². The number of rotatable bonds is 11. The van der Waals surface area contributed by atoms with Crippen LogP contribution in [0.4, 0.5) is 14.5 Å². The van der Waals surface area contributed by atoms with Crippen LogP contribution in [0.25, 0.3) is 0 Å². The van der Waals surface area contributed by atoms with E-state index in [1.807, 2.05) is 0 Å². The van der Waals surface area contributed by atoms with Crippen LogP contribution in [-0.2, 0) is 32.6 Å². The van der Waals surface area contributed by atoms with Crippen LogP contribution in [0.15, 0.2) is 108 Å². The lowest BCUT2D eigenvalue weighted by atomic mass is 10.0. The number of carbonyl (C=O) groups is 2. The fourth-order valence-electron chi connectivity index (χ4n) is 4.42. The molecule has 4 rings (SSSR count). The molecular weight excluding hydrogens is 584 g/mol. The van der Waals surface area contributed by atoms with Crippen LogP contribution in [0.3, 0.4) is 0 Å². The van der Waals surface area contributed by atoms with Crippen LogP contribution >= 0.6 is 11.6 Å². The van der Waals surface area contributed by atoms with Gasteiger partial charge in [0.1, 0.15) is 24.2 Å². The summed E-state index contributed by atoms with van der Waals surface area (Å²) < 4.78 is 57.3. The molecule has 1 N–H and O–H groups in total. The molecule has 0 unspecified atom stereocenters. The number of carbonyl (C=O) groups excluding carboxylic acids is 2. The zero-order chi connectivity index (χ0) is 30.3. The lowest BCUT2D eigenvalue weighted by molar-refractivity contribution is -0.139. The van der Waals surface area contributed by atoms with Crippen LogP contribution in [0.1, 0.15) is 11.1 Å². The van der Waals surface area contributed by atoms with Gasteiger partial charge in [0, 0.05) is 25.6 Å². The van der Waals surface area contributed by atoms with Crippen LogP contribution in [0.5, 0.6) is 0 Å². The van der Waals surface area contributed by atoms with Gasteiger partial charge in [0.25, 0.3) is 10.0 Å². The summed E-state index contributed by atoms with van der Waals surface area (Å²) in [5, 5.41) is 2.21. The first-order valence-corrected chi connectivity index (χ1v) is 14.7. The maximum Gasteiger partial charge on any atom is 0.264 e. The molecule has 0 aliphatic carbocycles. The number of anilines is 1. The number of benzene rings is 4. The topological polar surface area (TPSA) is 86.8 Å². The normalized spacial score (nSPS) is 11.9. The highest BCUT2D eigenvalue weighted by molar-refractivity contribution is 7.92. The van der Waals surface area contributed by atoms with Gasteiger partial charge in [-0.2, -0.15) is 0 Å². The molecule has 0 fully saturated rings. The van der Waals surface area contributed by atoms with Crippen molar-refractivity contribution in [2.75, 3.05) is 17.9 Å². The Balaban J connectivity index is 1.81. The van der Waals surface area contributed by atoms with E-state index in [0.717, 1.165) is 26.9 Å². The van der Waals surface area contributed by atoms with Gasteiger partial charge in [-0.15, -0.1) is 0 Å². The molecule has 7 nitrogen and oxygen atoms in total. The Morgan fingerprint density at radius 2 is 1.48 bits per heavy atom. The molecule has 0 heterocycles. The standard InChI is InChI=1S/C31H28ClF2N3O4S/c1-35-31(39)29(18-22-10-4-2-5-11-22)36(20-23-12-8-9-15-27(23)33)30(38)21-37(24-16-17-28(34)26(32)19-24)42(40,41)25-13-6-3-7-14-25/h2-17,19,29H,18,20-21H2,1H3,(H,35,39)/t29-/m1/s1. The van der Waals surface area contributed by atoms with Gasteiger partial charge in [-0.3, -0.25) is 13.9 Å². The monoisotopic (exact) mass is 611 g/mol. The molecule has 0 spiro atoms. The summed E-state index contributed by atoms with van der Waals surface area (Å²) >= 11 is 5.99. The van der Waals surface area contributed by atoms with E-state index < -0.39 is 46.1 Å². The first-order chi connectivity index (χ1) is 20.1. The summed E-state index contributed by atoms with van der Waals surface area (Å²) in [5.74, 6) is -2.68. The molecule has 0 aliphatic heterocycles. The summed E-state index contributed by atoms with van der Waals surface area (Å²) in [6, 6.07) is 24.3. The zero-order valence-electron chi connectivity index (χ0n) is 22.6. The Morgan fingerprint density at radius 3 is 2.10 bits per heavy atom. The van der Waals surface area contributed by atoms with Gasteiger partial charge in [-0.1, -0.05) is 78.3 Å². The van der Waals surface area contributed by atoms with E-state index in [2.05, 4.69) is 5.32 Å². The smallest absolute Gasteiger partial charge is 0.264 e. The highest BCUT2D eigenvalue weighted by Gasteiger charge is 2.34. The van der Waals surface area contributed by atoms with Gasteiger partial charge in [0.15, 0.2) is 0 Å². The van der Waals surface area contributed by atoms with Crippen molar-refractivity contribution >= 4 is 39.1 Å². The summed E-state index contributed by atoms with van der Waals surface area (Å²) in [4.78, 5) is 28.4. The maximum absolute atomic E-state index is 14.8. The number of halogens is 3.